The Morgan fingerprint density at radius 1 is 1.33 bits per heavy atom. The van der Waals surface area contributed by atoms with E-state index in [4.69, 9.17) is 5.73 Å². The molecule has 1 saturated heterocycles. The van der Waals surface area contributed by atoms with Crippen molar-refractivity contribution in [1.29, 1.82) is 0 Å². The summed E-state index contributed by atoms with van der Waals surface area (Å²) in [6, 6.07) is 0. The van der Waals surface area contributed by atoms with E-state index in [1.165, 1.54) is 4.90 Å². The molecular weight excluding hydrogens is 230 g/mol. The molecule has 0 bridgehead atoms. The normalized spacial score (nSPS) is 22.7. The molecule has 0 spiro atoms. The molecule has 2 fully saturated rings. The van der Waals surface area contributed by atoms with Gasteiger partial charge in [0.1, 0.15) is 0 Å². The maximum Gasteiger partial charge on any atom is 0.242 e. The van der Waals surface area contributed by atoms with Crippen LogP contribution in [0, 0.1) is 5.92 Å². The molecule has 1 aliphatic heterocycles. The van der Waals surface area contributed by atoms with E-state index >= 15 is 0 Å². The maximum atomic E-state index is 12.2. The van der Waals surface area contributed by atoms with Crippen LogP contribution in [0.5, 0.6) is 0 Å². The molecule has 18 heavy (non-hydrogen) atoms. The van der Waals surface area contributed by atoms with Gasteiger partial charge in [0.15, 0.2) is 0 Å². The van der Waals surface area contributed by atoms with Crippen molar-refractivity contribution in [3.8, 4) is 0 Å². The largest absolute Gasteiger partial charge is 0.341 e. The SMILES string of the molecule is CN(CC(=O)N1CCCC1)C(=O)C(C)(N)C1CC1. The van der Waals surface area contributed by atoms with E-state index in [2.05, 4.69) is 0 Å². The average molecular weight is 253 g/mol. The van der Waals surface area contributed by atoms with Gasteiger partial charge in [-0.05, 0) is 38.5 Å². The summed E-state index contributed by atoms with van der Waals surface area (Å²) in [5, 5.41) is 0. The van der Waals surface area contributed by atoms with Gasteiger partial charge in [-0.2, -0.15) is 0 Å². The molecule has 1 saturated carbocycles. The first-order valence-corrected chi connectivity index (χ1v) is 6.75. The molecule has 5 heteroatoms. The molecule has 0 aromatic carbocycles. The fourth-order valence-corrected chi connectivity index (χ4v) is 2.61. The highest BCUT2D eigenvalue weighted by atomic mass is 16.2. The number of amides is 2. The molecule has 102 valence electrons. The quantitative estimate of drug-likeness (QED) is 0.778. The molecule has 0 aromatic rings. The number of carbonyl (C=O) groups is 2. The summed E-state index contributed by atoms with van der Waals surface area (Å²) < 4.78 is 0. The predicted octanol–water partition coefficient (Wildman–Crippen LogP) is 0.195. The Bertz CT molecular complexity index is 344. The Morgan fingerprint density at radius 3 is 2.39 bits per heavy atom. The first-order valence-electron chi connectivity index (χ1n) is 6.75. The van der Waals surface area contributed by atoms with E-state index < -0.39 is 5.54 Å². The van der Waals surface area contributed by atoms with E-state index in [-0.39, 0.29) is 24.3 Å². The zero-order valence-electron chi connectivity index (χ0n) is 11.3. The van der Waals surface area contributed by atoms with Crippen LogP contribution >= 0.6 is 0 Å². The lowest BCUT2D eigenvalue weighted by Gasteiger charge is -2.30. The average Bonchev–Trinajstić information content (AvgIpc) is 3.04. The van der Waals surface area contributed by atoms with Gasteiger partial charge in [0.05, 0.1) is 12.1 Å². The highest BCUT2D eigenvalue weighted by Gasteiger charge is 2.45. The molecule has 1 heterocycles. The molecular formula is C13H23N3O2. The summed E-state index contributed by atoms with van der Waals surface area (Å²) in [6.07, 6.45) is 4.18. The van der Waals surface area contributed by atoms with Crippen LogP contribution in [0.1, 0.15) is 32.6 Å². The van der Waals surface area contributed by atoms with E-state index in [0.29, 0.717) is 0 Å². The van der Waals surface area contributed by atoms with Crippen LogP contribution in [0.15, 0.2) is 0 Å². The third-order valence-electron chi connectivity index (χ3n) is 4.06. The summed E-state index contributed by atoms with van der Waals surface area (Å²) >= 11 is 0. The first-order chi connectivity index (χ1) is 8.43. The Kier molecular flexibility index (Phi) is 3.61. The van der Waals surface area contributed by atoms with E-state index in [9.17, 15) is 9.59 Å². The fraction of sp³-hybridized carbons (Fsp3) is 0.846. The van der Waals surface area contributed by atoms with Gasteiger partial charge in [-0.25, -0.2) is 0 Å². The molecule has 2 N–H and O–H groups in total. The highest BCUT2D eigenvalue weighted by molar-refractivity contribution is 5.90. The van der Waals surface area contributed by atoms with Gasteiger partial charge in [-0.1, -0.05) is 0 Å². The van der Waals surface area contributed by atoms with Crippen molar-refractivity contribution < 1.29 is 9.59 Å². The molecule has 0 radical (unpaired) electrons. The lowest BCUT2D eigenvalue weighted by atomic mass is 9.95. The van der Waals surface area contributed by atoms with Crippen molar-refractivity contribution in [2.45, 2.75) is 38.1 Å². The summed E-state index contributed by atoms with van der Waals surface area (Å²) in [7, 11) is 1.67. The molecule has 1 unspecified atom stereocenters. The third-order valence-corrected chi connectivity index (χ3v) is 4.06. The van der Waals surface area contributed by atoms with E-state index in [1.54, 1.807) is 14.0 Å². The number of likely N-dealkylation sites (N-methyl/N-ethyl adjacent to an activating group) is 1. The van der Waals surface area contributed by atoms with Crippen molar-refractivity contribution >= 4 is 11.8 Å². The van der Waals surface area contributed by atoms with Crippen LogP contribution in [0.25, 0.3) is 0 Å². The highest BCUT2D eigenvalue weighted by Crippen LogP contribution is 2.38. The molecule has 5 nitrogen and oxygen atoms in total. The number of carbonyl (C=O) groups excluding carboxylic acids is 2. The van der Waals surface area contributed by atoms with Crippen LogP contribution in [-0.4, -0.2) is 53.8 Å². The number of nitrogens with two attached hydrogens (primary N) is 1. The number of nitrogens with zero attached hydrogens (tertiary/aromatic N) is 2. The van der Waals surface area contributed by atoms with Crippen LogP contribution < -0.4 is 5.73 Å². The summed E-state index contributed by atoms with van der Waals surface area (Å²) in [6.45, 7) is 3.58. The van der Waals surface area contributed by atoms with E-state index in [1.807, 2.05) is 4.90 Å². The molecule has 0 aromatic heterocycles. The lowest BCUT2D eigenvalue weighted by Crippen LogP contribution is -2.55. The van der Waals surface area contributed by atoms with Gasteiger partial charge in [0.2, 0.25) is 11.8 Å². The number of likely N-dealkylation sites (tertiary alicyclic amines) is 1. The van der Waals surface area contributed by atoms with Crippen LogP contribution in [0.2, 0.25) is 0 Å². The molecule has 2 amide bonds. The zero-order valence-corrected chi connectivity index (χ0v) is 11.3. The number of rotatable bonds is 4. The standard InChI is InChI=1S/C13H23N3O2/c1-13(14,10-5-6-10)12(18)15(2)9-11(17)16-7-3-4-8-16/h10H,3-9,14H2,1-2H3. The minimum atomic E-state index is -0.806. The predicted molar refractivity (Wildman–Crippen MR) is 68.8 cm³/mol. The van der Waals surface area contributed by atoms with Crippen molar-refractivity contribution in [2.24, 2.45) is 11.7 Å². The summed E-state index contributed by atoms with van der Waals surface area (Å²) in [5.41, 5.74) is 5.27. The minimum Gasteiger partial charge on any atom is -0.341 e. The van der Waals surface area contributed by atoms with Crippen molar-refractivity contribution in [1.82, 2.24) is 9.80 Å². The van der Waals surface area contributed by atoms with Crippen molar-refractivity contribution in [3.63, 3.8) is 0 Å². The van der Waals surface area contributed by atoms with Gasteiger partial charge < -0.3 is 15.5 Å². The molecule has 2 rings (SSSR count). The minimum absolute atomic E-state index is 0.0370. The third kappa shape index (κ3) is 2.66. The second-order valence-electron chi connectivity index (χ2n) is 5.81. The topological polar surface area (TPSA) is 66.6 Å². The molecule has 2 aliphatic rings. The van der Waals surface area contributed by atoms with Gasteiger partial charge >= 0.3 is 0 Å². The summed E-state index contributed by atoms with van der Waals surface area (Å²) in [4.78, 5) is 27.5. The Labute approximate surface area is 108 Å². The zero-order chi connectivity index (χ0) is 13.3. The molecule has 1 atom stereocenters. The first kappa shape index (κ1) is 13.3. The maximum absolute atomic E-state index is 12.2. The van der Waals surface area contributed by atoms with Gasteiger partial charge in [0, 0.05) is 20.1 Å². The number of hydrogen-bond acceptors (Lipinski definition) is 3. The van der Waals surface area contributed by atoms with Crippen LogP contribution in [0.3, 0.4) is 0 Å². The smallest absolute Gasteiger partial charge is 0.242 e. The fourth-order valence-electron chi connectivity index (χ4n) is 2.61. The summed E-state index contributed by atoms with van der Waals surface area (Å²) in [5.74, 6) is 0.210. The Balaban J connectivity index is 1.88. The lowest BCUT2D eigenvalue weighted by molar-refractivity contribution is -0.142. The molecule has 1 aliphatic carbocycles. The van der Waals surface area contributed by atoms with Crippen LogP contribution in [-0.2, 0) is 9.59 Å². The van der Waals surface area contributed by atoms with Gasteiger partial charge in [-0.15, -0.1) is 0 Å². The van der Waals surface area contributed by atoms with Crippen LogP contribution in [0.4, 0.5) is 0 Å². The van der Waals surface area contributed by atoms with Crippen molar-refractivity contribution in [3.05, 3.63) is 0 Å². The Hall–Kier alpha value is -1.10. The van der Waals surface area contributed by atoms with Crippen molar-refractivity contribution in [2.75, 3.05) is 26.7 Å². The van der Waals surface area contributed by atoms with Gasteiger partial charge in [0.25, 0.3) is 0 Å². The van der Waals surface area contributed by atoms with Gasteiger partial charge in [-0.3, -0.25) is 9.59 Å². The second kappa shape index (κ2) is 4.88. The monoisotopic (exact) mass is 253 g/mol. The second-order valence-corrected chi connectivity index (χ2v) is 5.81. The Morgan fingerprint density at radius 2 is 1.89 bits per heavy atom. The number of hydrogen-bond donors (Lipinski definition) is 1. The van der Waals surface area contributed by atoms with E-state index in [0.717, 1.165) is 38.8 Å².